The second-order valence-corrected chi connectivity index (χ2v) is 6.77. The van der Waals surface area contributed by atoms with Crippen LogP contribution in [0.3, 0.4) is 0 Å². The van der Waals surface area contributed by atoms with Crippen molar-refractivity contribution in [1.82, 2.24) is 4.98 Å². The molecule has 0 radical (unpaired) electrons. The van der Waals surface area contributed by atoms with Crippen molar-refractivity contribution in [1.29, 1.82) is 5.26 Å². The monoisotopic (exact) mass is 402 g/mol. The second-order valence-electron chi connectivity index (χ2n) is 6.77. The van der Waals surface area contributed by atoms with E-state index in [2.05, 4.69) is 4.98 Å². The maximum absolute atomic E-state index is 14.6. The first-order valence-corrected chi connectivity index (χ1v) is 8.80. The smallest absolute Gasteiger partial charge is 0.198 e. The van der Waals surface area contributed by atoms with Crippen molar-refractivity contribution >= 4 is 16.9 Å². The summed E-state index contributed by atoms with van der Waals surface area (Å²) in [5.74, 6) is -5.03. The number of pyridine rings is 1. The zero-order valence-electron chi connectivity index (χ0n) is 15.0. The summed E-state index contributed by atoms with van der Waals surface area (Å²) in [6.07, 6.45) is 2.40. The number of halogens is 3. The van der Waals surface area contributed by atoms with Crippen LogP contribution < -0.4 is 0 Å². The van der Waals surface area contributed by atoms with Gasteiger partial charge in [0, 0.05) is 46.2 Å². The highest BCUT2D eigenvalue weighted by Gasteiger charge is 2.41. The summed E-state index contributed by atoms with van der Waals surface area (Å²) in [4.78, 5) is 17.5. The Morgan fingerprint density at radius 2 is 1.73 bits per heavy atom. The summed E-state index contributed by atoms with van der Waals surface area (Å²) in [6, 6.07) is 9.95. The van der Waals surface area contributed by atoms with Gasteiger partial charge in [0.05, 0.1) is 22.9 Å². The Kier molecular flexibility index (Phi) is 3.67. The lowest BCUT2D eigenvalue weighted by Gasteiger charge is -2.09. The molecular formula is C23H9F3N2O2. The zero-order chi connectivity index (χ0) is 21.2. The number of allylic oxidation sites excluding steroid dienone is 3. The molecule has 4 nitrogen and oxygen atoms in total. The average Bonchev–Trinajstić information content (AvgIpc) is 3.20. The first kappa shape index (κ1) is 17.9. The minimum Gasteiger partial charge on any atom is -0.507 e. The van der Waals surface area contributed by atoms with Gasteiger partial charge in [0.15, 0.2) is 17.4 Å². The minimum atomic E-state index is -1.46. The fourth-order valence-corrected chi connectivity index (χ4v) is 4.12. The number of ketones is 1. The van der Waals surface area contributed by atoms with Gasteiger partial charge in [-0.15, -0.1) is 0 Å². The lowest BCUT2D eigenvalue weighted by Crippen LogP contribution is -2.03. The molecule has 0 saturated carbocycles. The van der Waals surface area contributed by atoms with Gasteiger partial charge in [0.2, 0.25) is 0 Å². The number of phenols is 1. The van der Waals surface area contributed by atoms with Gasteiger partial charge in [-0.3, -0.25) is 9.78 Å². The number of Topliss-reactive ketones (excluding diaryl/α,β-unsaturated/α-hetero) is 1. The standard InChI is InChI=1S/C23H9F3N2O2/c24-13-9-14(25)21(26)18-11(6-7-27)19(23(30)20(13)18)16-10-3-1-5-15(29)17(10)22-12(16)4-2-8-28-22/h1-6,8-9,29H/b11-6?,19-16-. The van der Waals surface area contributed by atoms with E-state index in [9.17, 15) is 28.3 Å². The number of rotatable bonds is 0. The number of hydrogen-bond acceptors (Lipinski definition) is 4. The molecule has 144 valence electrons. The van der Waals surface area contributed by atoms with E-state index in [1.807, 2.05) is 0 Å². The Morgan fingerprint density at radius 3 is 2.50 bits per heavy atom. The Labute approximate surface area is 167 Å². The van der Waals surface area contributed by atoms with Crippen LogP contribution in [0.15, 0.2) is 54.2 Å². The van der Waals surface area contributed by atoms with Crippen molar-refractivity contribution in [2.45, 2.75) is 0 Å². The van der Waals surface area contributed by atoms with Crippen LogP contribution in [0.4, 0.5) is 13.2 Å². The third-order valence-electron chi connectivity index (χ3n) is 5.25. The van der Waals surface area contributed by atoms with Gasteiger partial charge < -0.3 is 5.11 Å². The number of carbonyl (C=O) groups is 1. The van der Waals surface area contributed by atoms with E-state index in [4.69, 9.17) is 0 Å². The summed E-state index contributed by atoms with van der Waals surface area (Å²) >= 11 is 0. The number of nitrogens with zero attached hydrogens (tertiary/aromatic N) is 2. The fraction of sp³-hybridized carbons (Fsp3) is 0. The van der Waals surface area contributed by atoms with Crippen molar-refractivity contribution in [2.75, 3.05) is 0 Å². The van der Waals surface area contributed by atoms with E-state index in [1.165, 1.54) is 12.3 Å². The Bertz CT molecular complexity index is 1410. The van der Waals surface area contributed by atoms with Crippen LogP contribution in [0.5, 0.6) is 5.75 Å². The molecule has 0 atom stereocenters. The summed E-state index contributed by atoms with van der Waals surface area (Å²) in [7, 11) is 0. The van der Waals surface area contributed by atoms with Gasteiger partial charge in [-0.25, -0.2) is 13.2 Å². The maximum Gasteiger partial charge on any atom is 0.198 e. The quantitative estimate of drug-likeness (QED) is 0.261. The summed E-state index contributed by atoms with van der Waals surface area (Å²) in [6.45, 7) is 0. The largest absolute Gasteiger partial charge is 0.507 e. The van der Waals surface area contributed by atoms with Crippen LogP contribution in [0.2, 0.25) is 0 Å². The number of carbonyl (C=O) groups excluding carboxylic acids is 1. The molecule has 1 aromatic heterocycles. The van der Waals surface area contributed by atoms with E-state index < -0.39 is 34.4 Å². The number of phenolic OH excluding ortho intramolecular Hbond substituents is 1. The summed E-state index contributed by atoms with van der Waals surface area (Å²) in [5.41, 5.74) is 0.328. The third-order valence-corrected chi connectivity index (χ3v) is 5.25. The molecule has 3 aromatic rings. The molecule has 2 aliphatic carbocycles. The predicted octanol–water partition coefficient (Wildman–Crippen LogP) is 4.79. The fourth-order valence-electron chi connectivity index (χ4n) is 4.12. The molecule has 0 amide bonds. The van der Waals surface area contributed by atoms with Gasteiger partial charge in [0.25, 0.3) is 0 Å². The van der Waals surface area contributed by atoms with Crippen molar-refractivity contribution < 1.29 is 23.1 Å². The minimum absolute atomic E-state index is 0.0831. The first-order valence-electron chi connectivity index (χ1n) is 8.80. The molecule has 30 heavy (non-hydrogen) atoms. The molecule has 1 heterocycles. The highest BCUT2D eigenvalue weighted by atomic mass is 19.2. The van der Waals surface area contributed by atoms with Crippen molar-refractivity contribution in [2.24, 2.45) is 0 Å². The number of aromatic nitrogens is 1. The topological polar surface area (TPSA) is 74.0 Å². The van der Waals surface area contributed by atoms with E-state index in [-0.39, 0.29) is 22.5 Å². The highest BCUT2D eigenvalue weighted by molar-refractivity contribution is 6.33. The Balaban J connectivity index is 1.96. The zero-order valence-corrected chi connectivity index (χ0v) is 15.0. The molecule has 0 unspecified atom stereocenters. The molecule has 7 heteroatoms. The van der Waals surface area contributed by atoms with E-state index in [0.717, 1.165) is 6.08 Å². The predicted molar refractivity (Wildman–Crippen MR) is 102 cm³/mol. The number of benzene rings is 2. The molecule has 5 rings (SSSR count). The number of hydrogen-bond donors (Lipinski definition) is 1. The van der Waals surface area contributed by atoms with Crippen molar-refractivity contribution in [3.8, 4) is 23.1 Å². The van der Waals surface area contributed by atoms with Gasteiger partial charge in [-0.1, -0.05) is 18.2 Å². The van der Waals surface area contributed by atoms with Crippen LogP contribution in [0.25, 0.3) is 22.4 Å². The number of nitriles is 1. The van der Waals surface area contributed by atoms with Crippen LogP contribution in [-0.2, 0) is 0 Å². The molecule has 2 aliphatic rings. The van der Waals surface area contributed by atoms with E-state index >= 15 is 0 Å². The van der Waals surface area contributed by atoms with Gasteiger partial charge >= 0.3 is 0 Å². The molecule has 0 fully saturated rings. The number of fused-ring (bicyclic) bond motifs is 4. The second kappa shape index (κ2) is 6.16. The lowest BCUT2D eigenvalue weighted by molar-refractivity contribution is 0.104. The SMILES string of the molecule is N#CC=C1/C(=C2/c3cccnc3-c3c(O)cccc32)C(=O)c2c(F)cc(F)c(F)c21. The van der Waals surface area contributed by atoms with Crippen LogP contribution in [-0.4, -0.2) is 15.9 Å². The van der Waals surface area contributed by atoms with Crippen molar-refractivity contribution in [3.63, 3.8) is 0 Å². The first-order chi connectivity index (χ1) is 14.5. The van der Waals surface area contributed by atoms with Gasteiger partial charge in [-0.2, -0.15) is 5.26 Å². The Morgan fingerprint density at radius 1 is 0.967 bits per heavy atom. The van der Waals surface area contributed by atoms with Crippen LogP contribution >= 0.6 is 0 Å². The molecule has 1 N–H and O–H groups in total. The summed E-state index contributed by atoms with van der Waals surface area (Å²) < 4.78 is 43.0. The van der Waals surface area contributed by atoms with Gasteiger partial charge in [-0.05, 0) is 17.7 Å². The molecule has 0 aliphatic heterocycles. The molecule has 0 bridgehead atoms. The third kappa shape index (κ3) is 2.16. The van der Waals surface area contributed by atoms with Crippen LogP contribution in [0.1, 0.15) is 27.0 Å². The maximum atomic E-state index is 14.6. The lowest BCUT2D eigenvalue weighted by atomic mass is 9.93. The highest BCUT2D eigenvalue weighted by Crippen LogP contribution is 2.52. The summed E-state index contributed by atoms with van der Waals surface area (Å²) in [5, 5.41) is 19.6. The van der Waals surface area contributed by atoms with E-state index in [0.29, 0.717) is 28.5 Å². The van der Waals surface area contributed by atoms with Crippen LogP contribution in [0, 0.1) is 28.8 Å². The molecular weight excluding hydrogens is 393 g/mol. The number of aromatic hydroxyl groups is 1. The Hall–Kier alpha value is -4.18. The van der Waals surface area contributed by atoms with Gasteiger partial charge in [0.1, 0.15) is 11.6 Å². The van der Waals surface area contributed by atoms with E-state index in [1.54, 1.807) is 30.3 Å². The normalized spacial score (nSPS) is 17.7. The average molecular weight is 402 g/mol. The molecule has 0 spiro atoms. The molecule has 2 aromatic carbocycles. The van der Waals surface area contributed by atoms with Crippen molar-refractivity contribution in [3.05, 3.63) is 93.9 Å². The molecule has 0 saturated heterocycles.